The number of pyridine rings is 1. The van der Waals surface area contributed by atoms with E-state index >= 15 is 0 Å². The first-order valence-corrected chi connectivity index (χ1v) is 7.59. The van der Waals surface area contributed by atoms with Crippen LogP contribution >= 0.6 is 11.8 Å². The van der Waals surface area contributed by atoms with Crippen LogP contribution in [0, 0.1) is 25.2 Å². The van der Waals surface area contributed by atoms with E-state index in [1.807, 2.05) is 12.1 Å². The molecule has 0 fully saturated rings. The minimum absolute atomic E-state index is 0.377. The molecule has 3 rings (SSSR count). The van der Waals surface area contributed by atoms with Crippen molar-refractivity contribution in [3.63, 3.8) is 0 Å². The fourth-order valence-corrected chi connectivity index (χ4v) is 2.84. The summed E-state index contributed by atoms with van der Waals surface area (Å²) in [5.41, 5.74) is 5.37. The molecule has 3 aromatic rings. The van der Waals surface area contributed by atoms with Gasteiger partial charge in [0.25, 0.3) is 0 Å². The van der Waals surface area contributed by atoms with Crippen molar-refractivity contribution in [2.45, 2.75) is 18.9 Å². The van der Waals surface area contributed by atoms with E-state index in [-0.39, 0.29) is 0 Å². The van der Waals surface area contributed by atoms with Crippen LogP contribution in [0.4, 0.5) is 0 Å². The van der Waals surface area contributed by atoms with Crippen molar-refractivity contribution in [3.05, 3.63) is 41.6 Å². The third-order valence-corrected chi connectivity index (χ3v) is 4.27. The Morgan fingerprint density at radius 2 is 2.10 bits per heavy atom. The monoisotopic (exact) mass is 294 g/mol. The predicted octanol–water partition coefficient (Wildman–Crippen LogP) is 3.86. The highest BCUT2D eigenvalue weighted by atomic mass is 32.2. The van der Waals surface area contributed by atoms with Crippen LogP contribution in [0.15, 0.2) is 35.5 Å². The first-order chi connectivity index (χ1) is 10.2. The van der Waals surface area contributed by atoms with Crippen molar-refractivity contribution in [3.8, 4) is 17.5 Å². The van der Waals surface area contributed by atoms with Crippen molar-refractivity contribution in [2.24, 2.45) is 0 Å². The van der Waals surface area contributed by atoms with E-state index in [1.165, 1.54) is 22.9 Å². The number of rotatable bonds is 3. The number of aryl methyl sites for hydroxylation is 2. The Balaban J connectivity index is 2.10. The number of hydrogen-bond donors (Lipinski definition) is 1. The maximum absolute atomic E-state index is 8.74. The van der Waals surface area contributed by atoms with Gasteiger partial charge in [-0.05, 0) is 49.2 Å². The van der Waals surface area contributed by atoms with Gasteiger partial charge in [0.05, 0.1) is 22.9 Å². The molecule has 0 aliphatic heterocycles. The zero-order valence-corrected chi connectivity index (χ0v) is 12.7. The molecular formula is C16H14N4S. The molecule has 2 heterocycles. The summed E-state index contributed by atoms with van der Waals surface area (Å²) >= 11 is 1.43. The van der Waals surface area contributed by atoms with Gasteiger partial charge in [-0.25, -0.2) is 9.97 Å². The van der Waals surface area contributed by atoms with Crippen molar-refractivity contribution < 1.29 is 0 Å². The first kappa shape index (κ1) is 13.7. The average molecular weight is 294 g/mol. The maximum atomic E-state index is 8.74. The zero-order valence-electron chi connectivity index (χ0n) is 11.8. The fourth-order valence-electron chi connectivity index (χ4n) is 2.18. The number of benzene rings is 1. The fraction of sp³-hybridized carbons (Fsp3) is 0.188. The molecule has 0 radical (unpaired) electrons. The van der Waals surface area contributed by atoms with Gasteiger partial charge in [-0.15, -0.1) is 0 Å². The summed E-state index contributed by atoms with van der Waals surface area (Å²) in [6.45, 7) is 4.18. The largest absolute Gasteiger partial charge is 0.338 e. The second-order valence-electron chi connectivity index (χ2n) is 4.84. The smallest absolute Gasteiger partial charge is 0.141 e. The number of nitriles is 1. The van der Waals surface area contributed by atoms with Crippen molar-refractivity contribution in [1.29, 1.82) is 5.26 Å². The van der Waals surface area contributed by atoms with Crippen molar-refractivity contribution in [2.75, 3.05) is 5.75 Å². The first-order valence-electron chi connectivity index (χ1n) is 6.61. The van der Waals surface area contributed by atoms with E-state index in [9.17, 15) is 0 Å². The Morgan fingerprint density at radius 1 is 1.29 bits per heavy atom. The molecule has 0 spiro atoms. The van der Waals surface area contributed by atoms with Gasteiger partial charge in [-0.3, -0.25) is 0 Å². The Bertz CT molecular complexity index is 806. The number of hydrogen-bond acceptors (Lipinski definition) is 4. The number of aromatic nitrogens is 3. The predicted molar refractivity (Wildman–Crippen MR) is 85.1 cm³/mol. The number of H-pyrrole nitrogens is 1. The number of nitrogens with one attached hydrogen (secondary N) is 1. The normalized spacial score (nSPS) is 10.7. The molecule has 1 N–H and O–H groups in total. The molecule has 0 bridgehead atoms. The Morgan fingerprint density at radius 3 is 2.90 bits per heavy atom. The number of fused-ring (bicyclic) bond motifs is 1. The minimum atomic E-state index is 0.377. The van der Waals surface area contributed by atoms with Crippen LogP contribution in [0.1, 0.15) is 11.1 Å². The quantitative estimate of drug-likeness (QED) is 0.745. The van der Waals surface area contributed by atoms with E-state index < -0.39 is 0 Å². The highest BCUT2D eigenvalue weighted by Gasteiger charge is 2.11. The zero-order chi connectivity index (χ0) is 14.8. The topological polar surface area (TPSA) is 65.4 Å². The average Bonchev–Trinajstić information content (AvgIpc) is 2.88. The van der Waals surface area contributed by atoms with Crippen LogP contribution in [0.2, 0.25) is 0 Å². The summed E-state index contributed by atoms with van der Waals surface area (Å²) in [5.74, 6) is 1.17. The second-order valence-corrected chi connectivity index (χ2v) is 5.81. The van der Waals surface area contributed by atoms with Crippen molar-refractivity contribution >= 4 is 22.8 Å². The van der Waals surface area contributed by atoms with Crippen LogP contribution in [0.5, 0.6) is 0 Å². The summed E-state index contributed by atoms with van der Waals surface area (Å²) in [6, 6.07) is 10.2. The molecule has 0 atom stereocenters. The molecule has 0 amide bonds. The van der Waals surface area contributed by atoms with Gasteiger partial charge < -0.3 is 4.98 Å². The number of nitrogens with zero attached hydrogens (tertiary/aromatic N) is 3. The molecule has 1 aromatic carbocycles. The van der Waals surface area contributed by atoms with E-state index in [4.69, 9.17) is 5.26 Å². The number of aromatic amines is 1. The van der Waals surface area contributed by atoms with Crippen LogP contribution in [-0.4, -0.2) is 20.7 Å². The summed E-state index contributed by atoms with van der Waals surface area (Å²) in [7, 11) is 0. The molecule has 0 unspecified atom stereocenters. The lowest BCUT2D eigenvalue weighted by atomic mass is 10.1. The molecular weight excluding hydrogens is 280 g/mol. The van der Waals surface area contributed by atoms with Crippen LogP contribution in [0.25, 0.3) is 22.4 Å². The van der Waals surface area contributed by atoms with Gasteiger partial charge in [0.1, 0.15) is 10.9 Å². The Hall–Kier alpha value is -2.32. The molecule has 21 heavy (non-hydrogen) atoms. The Kier molecular flexibility index (Phi) is 3.63. The molecule has 5 heteroatoms. The minimum Gasteiger partial charge on any atom is -0.338 e. The van der Waals surface area contributed by atoms with Gasteiger partial charge in [0, 0.05) is 11.8 Å². The van der Waals surface area contributed by atoms with Crippen LogP contribution in [-0.2, 0) is 0 Å². The van der Waals surface area contributed by atoms with Gasteiger partial charge in [-0.2, -0.15) is 5.26 Å². The summed E-state index contributed by atoms with van der Waals surface area (Å²) in [4.78, 5) is 12.4. The molecule has 0 aliphatic carbocycles. The molecule has 0 aliphatic rings. The highest BCUT2D eigenvalue weighted by Crippen LogP contribution is 2.29. The second kappa shape index (κ2) is 5.58. The molecule has 4 nitrogen and oxygen atoms in total. The summed E-state index contributed by atoms with van der Waals surface area (Å²) in [5, 5.41) is 9.57. The lowest BCUT2D eigenvalue weighted by molar-refractivity contribution is 1.12. The third-order valence-electron chi connectivity index (χ3n) is 3.40. The van der Waals surface area contributed by atoms with Gasteiger partial charge >= 0.3 is 0 Å². The van der Waals surface area contributed by atoms with Crippen LogP contribution in [0.3, 0.4) is 0 Å². The molecule has 104 valence electrons. The standard InChI is InChI=1S/C16H14N4S/c1-10-8-13-14(9-11(10)2)20-15(19-13)12-4-3-6-18-16(12)21-7-5-17/h3-4,6,8-9H,7H2,1-2H3,(H,19,20). The lowest BCUT2D eigenvalue weighted by Gasteiger charge is -2.02. The van der Waals surface area contributed by atoms with Gasteiger partial charge in [0.15, 0.2) is 0 Å². The van der Waals surface area contributed by atoms with E-state index in [0.717, 1.165) is 27.4 Å². The number of thioether (sulfide) groups is 1. The van der Waals surface area contributed by atoms with Gasteiger partial charge in [-0.1, -0.05) is 11.8 Å². The Labute approximate surface area is 127 Å². The van der Waals surface area contributed by atoms with Gasteiger partial charge in [0.2, 0.25) is 0 Å². The summed E-state index contributed by atoms with van der Waals surface area (Å²) in [6.07, 6.45) is 1.74. The SMILES string of the molecule is Cc1cc2nc(-c3cccnc3SCC#N)[nH]c2cc1C. The van der Waals surface area contributed by atoms with E-state index in [0.29, 0.717) is 5.75 Å². The summed E-state index contributed by atoms with van der Waals surface area (Å²) < 4.78 is 0. The molecule has 0 saturated carbocycles. The third kappa shape index (κ3) is 2.63. The van der Waals surface area contributed by atoms with Crippen LogP contribution < -0.4 is 0 Å². The van der Waals surface area contributed by atoms with E-state index in [1.54, 1.807) is 6.20 Å². The van der Waals surface area contributed by atoms with E-state index in [2.05, 4.69) is 47.0 Å². The molecule has 2 aromatic heterocycles. The number of imidazole rings is 1. The lowest BCUT2D eigenvalue weighted by Crippen LogP contribution is -1.88. The highest BCUT2D eigenvalue weighted by molar-refractivity contribution is 7.99. The van der Waals surface area contributed by atoms with Crippen molar-refractivity contribution in [1.82, 2.24) is 15.0 Å². The maximum Gasteiger partial charge on any atom is 0.141 e. The molecule has 0 saturated heterocycles.